The van der Waals surface area contributed by atoms with Gasteiger partial charge in [0.2, 0.25) is 0 Å². The summed E-state index contributed by atoms with van der Waals surface area (Å²) >= 11 is 6.93. The molecule has 1 aliphatic rings. The van der Waals surface area contributed by atoms with Gasteiger partial charge in [-0.3, -0.25) is 14.3 Å². The van der Waals surface area contributed by atoms with E-state index >= 15 is 0 Å². The van der Waals surface area contributed by atoms with E-state index in [2.05, 4.69) is 9.72 Å². The number of ether oxygens (including phenoxy) is 1. The van der Waals surface area contributed by atoms with Crippen LogP contribution in [-0.4, -0.2) is 40.7 Å². The molecular weight excluding hydrogens is 488 g/mol. The van der Waals surface area contributed by atoms with Gasteiger partial charge in [-0.2, -0.15) is 13.2 Å². The smallest absolute Gasteiger partial charge is 0.394 e. The first-order chi connectivity index (χ1) is 15.6. The van der Waals surface area contributed by atoms with Gasteiger partial charge in [0.1, 0.15) is 5.82 Å². The number of aryl methyl sites for hydroxylation is 1. The molecule has 0 radical (unpaired) electrons. The summed E-state index contributed by atoms with van der Waals surface area (Å²) in [6.07, 6.45) is -4.24. The van der Waals surface area contributed by atoms with Crippen molar-refractivity contribution in [3.05, 3.63) is 61.5 Å². The second kappa shape index (κ2) is 10.3. The maximum atomic E-state index is 13.9. The van der Waals surface area contributed by atoms with Gasteiger partial charge in [-0.15, -0.1) is 11.8 Å². The fourth-order valence-electron chi connectivity index (χ4n) is 3.43. The zero-order chi connectivity index (χ0) is 24.3. The third kappa shape index (κ3) is 5.26. The number of nitrogens with one attached hydrogen (secondary N) is 1. The minimum atomic E-state index is -4.78. The molecule has 0 saturated carbocycles. The summed E-state index contributed by atoms with van der Waals surface area (Å²) in [5, 5.41) is 7.41. The highest BCUT2D eigenvalue weighted by molar-refractivity contribution is 7.99. The number of H-pyrrole nitrogens is 1. The normalized spacial score (nSPS) is 13.4. The predicted octanol–water partition coefficient (Wildman–Crippen LogP) is 4.29. The number of aliphatic hydroxyl groups is 1. The van der Waals surface area contributed by atoms with E-state index in [1.807, 2.05) is 0 Å². The van der Waals surface area contributed by atoms with Gasteiger partial charge in [0.25, 0.3) is 5.56 Å². The Morgan fingerprint density at radius 1 is 1.27 bits per heavy atom. The molecule has 178 valence electrons. The van der Waals surface area contributed by atoms with E-state index < -0.39 is 28.8 Å². The lowest BCUT2D eigenvalue weighted by molar-refractivity contribution is -0.137. The van der Waals surface area contributed by atoms with E-state index in [0.29, 0.717) is 18.8 Å². The van der Waals surface area contributed by atoms with Gasteiger partial charge in [0.05, 0.1) is 34.7 Å². The van der Waals surface area contributed by atoms with E-state index in [4.69, 9.17) is 16.7 Å². The minimum Gasteiger partial charge on any atom is -0.394 e. The molecule has 0 unspecified atom stereocenters. The average Bonchev–Trinajstić information content (AvgIpc) is 2.97. The molecule has 12 heteroatoms. The fourth-order valence-corrected chi connectivity index (χ4v) is 4.81. The Balaban J connectivity index is 0.000000555. The van der Waals surface area contributed by atoms with Crippen LogP contribution >= 0.6 is 23.4 Å². The molecular formula is C21H19ClF4N2O4S. The third-order valence-electron chi connectivity index (χ3n) is 4.82. The number of hydrogen-bond donors (Lipinski definition) is 2. The van der Waals surface area contributed by atoms with E-state index in [-0.39, 0.29) is 45.1 Å². The van der Waals surface area contributed by atoms with Crippen LogP contribution < -0.4 is 11.2 Å². The maximum absolute atomic E-state index is 13.9. The summed E-state index contributed by atoms with van der Waals surface area (Å²) in [6.45, 7) is 0.831. The Morgan fingerprint density at radius 3 is 2.58 bits per heavy atom. The van der Waals surface area contributed by atoms with Crippen molar-refractivity contribution in [2.24, 2.45) is 0 Å². The molecule has 2 heterocycles. The summed E-state index contributed by atoms with van der Waals surface area (Å²) in [5.74, 6) is -0.306. The first kappa shape index (κ1) is 25.3. The topological polar surface area (TPSA) is 84.3 Å². The number of benzene rings is 2. The molecule has 2 aromatic carbocycles. The van der Waals surface area contributed by atoms with Gasteiger partial charge in [0, 0.05) is 24.1 Å². The van der Waals surface area contributed by atoms with Crippen LogP contribution in [0.1, 0.15) is 12.0 Å². The fraction of sp³-hybridized carbons (Fsp3) is 0.333. The first-order valence-corrected chi connectivity index (χ1v) is 11.1. The molecule has 0 fully saturated rings. The molecule has 1 aromatic heterocycles. The third-order valence-corrected chi connectivity index (χ3v) is 6.29. The van der Waals surface area contributed by atoms with E-state index in [1.54, 1.807) is 7.11 Å². The number of rotatable bonds is 3. The zero-order valence-corrected chi connectivity index (χ0v) is 18.8. The number of nitrogens with zero attached hydrogens (tertiary/aromatic N) is 1. The lowest BCUT2D eigenvalue weighted by atomic mass is 9.96. The molecule has 0 spiro atoms. The second-order valence-electron chi connectivity index (χ2n) is 6.98. The Kier molecular flexibility index (Phi) is 7.88. The zero-order valence-electron chi connectivity index (χ0n) is 17.3. The monoisotopic (exact) mass is 506 g/mol. The summed E-state index contributed by atoms with van der Waals surface area (Å²) in [6, 6.07) is 4.05. The summed E-state index contributed by atoms with van der Waals surface area (Å²) in [7, 11) is 1.55. The number of aliphatic hydroxyl groups excluding tert-OH is 1. The van der Waals surface area contributed by atoms with Crippen LogP contribution in [0, 0.1) is 5.82 Å². The Bertz CT molecular complexity index is 1290. The van der Waals surface area contributed by atoms with Crippen molar-refractivity contribution in [2.45, 2.75) is 24.0 Å². The standard InChI is InChI=1S/C18H11ClF4N2O2S.C3H8O2/c19-11-6-8(2-3-12(11)20)13-10(18(21,22)23)7-9-14-15(13)28-5-1-4-25(14)17(27)24-16(9)26;1-5-3-2-4/h2-3,6-7H,1,4-5H2,(H,24,26,27);4H,2-3H2,1H3. The number of hydrogen-bond acceptors (Lipinski definition) is 5. The summed E-state index contributed by atoms with van der Waals surface area (Å²) < 4.78 is 61.0. The molecule has 6 nitrogen and oxygen atoms in total. The van der Waals surface area contributed by atoms with Crippen molar-refractivity contribution in [1.29, 1.82) is 0 Å². The quantitative estimate of drug-likeness (QED) is 0.518. The van der Waals surface area contributed by atoms with Gasteiger partial charge in [-0.25, -0.2) is 9.18 Å². The number of alkyl halides is 3. The molecule has 2 N–H and O–H groups in total. The van der Waals surface area contributed by atoms with Gasteiger partial charge < -0.3 is 9.84 Å². The van der Waals surface area contributed by atoms with Crippen LogP contribution in [-0.2, 0) is 17.5 Å². The highest BCUT2D eigenvalue weighted by atomic mass is 35.5. The molecule has 0 aliphatic carbocycles. The van der Waals surface area contributed by atoms with Gasteiger partial charge in [-0.1, -0.05) is 17.7 Å². The number of halogens is 5. The van der Waals surface area contributed by atoms with E-state index in [9.17, 15) is 27.2 Å². The molecule has 0 bridgehead atoms. The highest BCUT2D eigenvalue weighted by Gasteiger charge is 2.37. The summed E-state index contributed by atoms with van der Waals surface area (Å²) in [5.41, 5.74) is -2.60. The van der Waals surface area contributed by atoms with Crippen molar-refractivity contribution in [1.82, 2.24) is 9.55 Å². The van der Waals surface area contributed by atoms with Crippen molar-refractivity contribution in [2.75, 3.05) is 26.1 Å². The maximum Gasteiger partial charge on any atom is 0.417 e. The van der Waals surface area contributed by atoms with Gasteiger partial charge >= 0.3 is 11.9 Å². The van der Waals surface area contributed by atoms with Crippen LogP contribution in [0.15, 0.2) is 38.8 Å². The van der Waals surface area contributed by atoms with Crippen LogP contribution in [0.25, 0.3) is 22.0 Å². The largest absolute Gasteiger partial charge is 0.417 e. The lowest BCUT2D eigenvalue weighted by Gasteiger charge is -2.20. The van der Waals surface area contributed by atoms with E-state index in [0.717, 1.165) is 30.0 Å². The molecule has 0 amide bonds. The Hall–Kier alpha value is -2.34. The van der Waals surface area contributed by atoms with Crippen molar-refractivity contribution < 1.29 is 27.4 Å². The van der Waals surface area contributed by atoms with Gasteiger partial charge in [0.15, 0.2) is 0 Å². The summed E-state index contributed by atoms with van der Waals surface area (Å²) in [4.78, 5) is 26.8. The lowest BCUT2D eigenvalue weighted by Crippen LogP contribution is -2.30. The van der Waals surface area contributed by atoms with Crippen molar-refractivity contribution >= 4 is 34.3 Å². The number of aromatic nitrogens is 2. The second-order valence-corrected chi connectivity index (χ2v) is 8.49. The number of aromatic amines is 1. The number of thioether (sulfide) groups is 1. The molecule has 33 heavy (non-hydrogen) atoms. The van der Waals surface area contributed by atoms with Crippen molar-refractivity contribution in [3.63, 3.8) is 0 Å². The molecule has 0 atom stereocenters. The molecule has 3 aromatic rings. The number of methoxy groups -OCH3 is 1. The molecule has 0 saturated heterocycles. The van der Waals surface area contributed by atoms with E-state index in [1.165, 1.54) is 10.6 Å². The van der Waals surface area contributed by atoms with Crippen LogP contribution in [0.5, 0.6) is 0 Å². The molecule has 4 rings (SSSR count). The van der Waals surface area contributed by atoms with Gasteiger partial charge in [-0.05, 0) is 35.9 Å². The van der Waals surface area contributed by atoms with Crippen LogP contribution in [0.2, 0.25) is 5.02 Å². The van der Waals surface area contributed by atoms with Crippen LogP contribution in [0.3, 0.4) is 0 Å². The minimum absolute atomic E-state index is 0.0595. The Morgan fingerprint density at radius 2 is 2.00 bits per heavy atom. The SMILES string of the molecule is COCCO.O=c1[nH]c(=O)n2c3c(c(-c4ccc(F)c(Cl)c4)c(C(F)(F)F)cc13)SCCC2. The van der Waals surface area contributed by atoms with Crippen molar-refractivity contribution in [3.8, 4) is 11.1 Å². The molecule has 1 aliphatic heterocycles. The highest BCUT2D eigenvalue weighted by Crippen LogP contribution is 2.46. The predicted molar refractivity (Wildman–Crippen MR) is 119 cm³/mol. The average molecular weight is 507 g/mol. The Labute approximate surface area is 194 Å². The first-order valence-electron chi connectivity index (χ1n) is 9.69. The van der Waals surface area contributed by atoms with Crippen LogP contribution in [0.4, 0.5) is 17.6 Å².